The van der Waals surface area contributed by atoms with E-state index >= 15 is 0 Å². The van der Waals surface area contributed by atoms with Crippen LogP contribution in [0.5, 0.6) is 0 Å². The highest BCUT2D eigenvalue weighted by Crippen LogP contribution is 2.12. The van der Waals surface area contributed by atoms with Crippen LogP contribution < -0.4 is 11.1 Å². The molecule has 5 nitrogen and oxygen atoms in total. The molecule has 0 bridgehead atoms. The topological polar surface area (TPSA) is 90.9 Å². The summed E-state index contributed by atoms with van der Waals surface area (Å²) < 4.78 is 13.9. The predicted octanol–water partition coefficient (Wildman–Crippen LogP) is 0.782. The molecule has 0 amide bonds. The monoisotopic (exact) mass is 255 g/mol. The molecule has 1 aromatic rings. The molecule has 0 aliphatic heterocycles. The highest BCUT2D eigenvalue weighted by Gasteiger charge is 2.10. The highest BCUT2D eigenvalue weighted by atomic mass is 19.1. The average Bonchev–Trinajstić information content (AvgIpc) is 2.39. The third kappa shape index (κ3) is 3.97. The van der Waals surface area contributed by atoms with Crippen LogP contribution >= 0.6 is 0 Å². The van der Waals surface area contributed by atoms with Gasteiger partial charge in [-0.25, -0.2) is 4.39 Å². The Kier molecular flexibility index (Phi) is 6.10. The van der Waals surface area contributed by atoms with E-state index in [0.29, 0.717) is 18.7 Å². The first kappa shape index (κ1) is 14.4. The molecule has 0 aliphatic rings. The molecule has 0 aromatic heterocycles. The number of nitrogens with zero attached hydrogens (tertiary/aromatic N) is 1. The molecule has 0 atom stereocenters. The summed E-state index contributed by atoms with van der Waals surface area (Å²) in [6.07, 6.45) is 1.55. The number of hydrogen-bond acceptors (Lipinski definition) is 4. The van der Waals surface area contributed by atoms with Crippen LogP contribution in [-0.4, -0.2) is 29.3 Å². The molecule has 0 saturated heterocycles. The summed E-state index contributed by atoms with van der Waals surface area (Å²) in [5.41, 5.74) is 5.92. The number of nitrogens with two attached hydrogens (primary N) is 1. The maximum Gasteiger partial charge on any atom is 0.173 e. The minimum atomic E-state index is -0.484. The van der Waals surface area contributed by atoms with Gasteiger partial charge in [-0.2, -0.15) is 0 Å². The number of aliphatic hydroxyl groups is 1. The highest BCUT2D eigenvalue weighted by molar-refractivity contribution is 5.97. The average molecular weight is 255 g/mol. The molecule has 0 saturated carbocycles. The summed E-state index contributed by atoms with van der Waals surface area (Å²) in [6, 6.07) is 4.75. The van der Waals surface area contributed by atoms with Crippen LogP contribution in [0, 0.1) is 5.82 Å². The fraction of sp³-hybridized carbons (Fsp3) is 0.417. The lowest BCUT2D eigenvalue weighted by Crippen LogP contribution is -2.19. The first-order valence-electron chi connectivity index (χ1n) is 5.77. The molecule has 1 rings (SSSR count). The van der Waals surface area contributed by atoms with Gasteiger partial charge in [0.25, 0.3) is 0 Å². The number of benzene rings is 1. The molecular formula is C12H18FN3O2. The first-order chi connectivity index (χ1) is 8.70. The van der Waals surface area contributed by atoms with Crippen molar-refractivity contribution >= 4 is 5.84 Å². The van der Waals surface area contributed by atoms with Crippen molar-refractivity contribution in [1.82, 2.24) is 5.32 Å². The van der Waals surface area contributed by atoms with Gasteiger partial charge < -0.3 is 21.4 Å². The van der Waals surface area contributed by atoms with Crippen LogP contribution in [0.4, 0.5) is 4.39 Å². The molecule has 0 radical (unpaired) electrons. The number of amidine groups is 1. The van der Waals surface area contributed by atoms with Crippen LogP contribution in [-0.2, 0) is 6.54 Å². The van der Waals surface area contributed by atoms with Crippen molar-refractivity contribution in [3.63, 3.8) is 0 Å². The smallest absolute Gasteiger partial charge is 0.173 e. The maximum absolute atomic E-state index is 13.9. The summed E-state index contributed by atoms with van der Waals surface area (Å²) >= 11 is 0. The molecule has 18 heavy (non-hydrogen) atoms. The first-order valence-corrected chi connectivity index (χ1v) is 5.77. The SMILES string of the molecule is N/C(=N/O)c1cccc(CNCCCCO)c1F. The van der Waals surface area contributed by atoms with Gasteiger partial charge in [0, 0.05) is 18.7 Å². The van der Waals surface area contributed by atoms with Gasteiger partial charge in [-0.3, -0.25) is 0 Å². The third-order valence-electron chi connectivity index (χ3n) is 2.54. The summed E-state index contributed by atoms with van der Waals surface area (Å²) in [5.74, 6) is -0.725. The van der Waals surface area contributed by atoms with Gasteiger partial charge in [-0.15, -0.1) is 0 Å². The van der Waals surface area contributed by atoms with E-state index < -0.39 is 5.82 Å². The van der Waals surface area contributed by atoms with E-state index in [4.69, 9.17) is 16.0 Å². The van der Waals surface area contributed by atoms with Gasteiger partial charge in [0.1, 0.15) is 5.82 Å². The van der Waals surface area contributed by atoms with E-state index in [-0.39, 0.29) is 18.0 Å². The minimum Gasteiger partial charge on any atom is -0.409 e. The lowest BCUT2D eigenvalue weighted by Gasteiger charge is -2.08. The number of aliphatic hydroxyl groups excluding tert-OH is 1. The van der Waals surface area contributed by atoms with Crippen molar-refractivity contribution in [3.05, 3.63) is 35.1 Å². The van der Waals surface area contributed by atoms with Crippen molar-refractivity contribution in [2.45, 2.75) is 19.4 Å². The lowest BCUT2D eigenvalue weighted by molar-refractivity contribution is 0.283. The number of nitrogens with one attached hydrogen (secondary N) is 1. The van der Waals surface area contributed by atoms with Gasteiger partial charge in [-0.05, 0) is 25.5 Å². The quantitative estimate of drug-likeness (QED) is 0.190. The minimum absolute atomic E-state index is 0.0900. The fourth-order valence-electron chi connectivity index (χ4n) is 1.55. The fourth-order valence-corrected chi connectivity index (χ4v) is 1.55. The molecule has 0 aliphatic carbocycles. The predicted molar refractivity (Wildman–Crippen MR) is 66.9 cm³/mol. The van der Waals surface area contributed by atoms with Crippen LogP contribution in [0.25, 0.3) is 0 Å². The summed E-state index contributed by atoms with van der Waals surface area (Å²) in [6.45, 7) is 1.23. The van der Waals surface area contributed by atoms with E-state index in [1.165, 1.54) is 6.07 Å². The molecule has 5 N–H and O–H groups in total. The van der Waals surface area contributed by atoms with Crippen molar-refractivity contribution < 1.29 is 14.7 Å². The van der Waals surface area contributed by atoms with Gasteiger partial charge in [0.2, 0.25) is 0 Å². The second-order valence-corrected chi connectivity index (χ2v) is 3.87. The van der Waals surface area contributed by atoms with Crippen molar-refractivity contribution in [3.8, 4) is 0 Å². The molecule has 0 heterocycles. The standard InChI is InChI=1S/C12H18FN3O2/c13-11-9(8-15-6-1-2-7-17)4-3-5-10(11)12(14)16-18/h3-5,15,17-18H,1-2,6-8H2,(H2,14,16). The van der Waals surface area contributed by atoms with Crippen LogP contribution in [0.3, 0.4) is 0 Å². The molecule has 6 heteroatoms. The van der Waals surface area contributed by atoms with Gasteiger partial charge in [0.05, 0.1) is 5.56 Å². The molecule has 0 spiro atoms. The van der Waals surface area contributed by atoms with E-state index in [1.807, 2.05) is 0 Å². The van der Waals surface area contributed by atoms with Crippen molar-refractivity contribution in [1.29, 1.82) is 0 Å². The second-order valence-electron chi connectivity index (χ2n) is 3.87. The Morgan fingerprint density at radius 2 is 2.17 bits per heavy atom. The van der Waals surface area contributed by atoms with Gasteiger partial charge in [0.15, 0.2) is 5.84 Å². The summed E-state index contributed by atoms with van der Waals surface area (Å²) in [7, 11) is 0. The van der Waals surface area contributed by atoms with E-state index in [0.717, 1.165) is 12.8 Å². The number of rotatable bonds is 7. The normalized spacial score (nSPS) is 11.8. The maximum atomic E-state index is 13.9. The zero-order valence-corrected chi connectivity index (χ0v) is 10.1. The number of halogens is 1. The summed E-state index contributed by atoms with van der Waals surface area (Å²) in [5, 5.41) is 23.0. The third-order valence-corrected chi connectivity index (χ3v) is 2.54. The van der Waals surface area contributed by atoms with Crippen molar-refractivity contribution in [2.24, 2.45) is 10.9 Å². The Hall–Kier alpha value is -1.66. The number of hydrogen-bond donors (Lipinski definition) is 4. The van der Waals surface area contributed by atoms with Crippen molar-refractivity contribution in [2.75, 3.05) is 13.2 Å². The Bertz CT molecular complexity index is 410. The molecule has 0 fully saturated rings. The Morgan fingerprint density at radius 3 is 2.83 bits per heavy atom. The number of oxime groups is 1. The second kappa shape index (κ2) is 7.62. The van der Waals surface area contributed by atoms with Crippen LogP contribution in [0.1, 0.15) is 24.0 Å². The molecule has 0 unspecified atom stereocenters. The summed E-state index contributed by atoms with van der Waals surface area (Å²) in [4.78, 5) is 0. The Morgan fingerprint density at radius 1 is 1.39 bits per heavy atom. The zero-order chi connectivity index (χ0) is 13.4. The molecule has 100 valence electrons. The molecular weight excluding hydrogens is 237 g/mol. The largest absolute Gasteiger partial charge is 0.409 e. The Labute approximate surface area is 105 Å². The van der Waals surface area contributed by atoms with Crippen LogP contribution in [0.15, 0.2) is 23.4 Å². The van der Waals surface area contributed by atoms with Gasteiger partial charge in [-0.1, -0.05) is 17.3 Å². The lowest BCUT2D eigenvalue weighted by atomic mass is 10.1. The van der Waals surface area contributed by atoms with Crippen LogP contribution in [0.2, 0.25) is 0 Å². The molecule has 1 aromatic carbocycles. The van der Waals surface area contributed by atoms with E-state index in [2.05, 4.69) is 10.5 Å². The zero-order valence-electron chi connectivity index (χ0n) is 10.1. The van der Waals surface area contributed by atoms with E-state index in [1.54, 1.807) is 12.1 Å². The Balaban J connectivity index is 2.61. The number of unbranched alkanes of at least 4 members (excludes halogenated alkanes) is 1. The van der Waals surface area contributed by atoms with Gasteiger partial charge >= 0.3 is 0 Å². The van der Waals surface area contributed by atoms with E-state index in [9.17, 15) is 4.39 Å².